The van der Waals surface area contributed by atoms with Gasteiger partial charge in [-0.3, -0.25) is 4.99 Å². The van der Waals surface area contributed by atoms with Crippen molar-refractivity contribution in [3.8, 4) is 5.75 Å². The summed E-state index contributed by atoms with van der Waals surface area (Å²) < 4.78 is 11.2. The molecule has 1 heterocycles. The standard InChI is InChI=1S/C21H26N2O2/c1-3-17(2)25-21-10-4-18(5-11-21)16-22-19-6-8-20(9-7-19)23-12-14-24-15-13-23/h4-11,16-17H,3,12-15H2,1-2H3/t17-/m1/s1. The third-order valence-corrected chi connectivity index (χ3v) is 4.38. The van der Waals surface area contributed by atoms with Gasteiger partial charge in [0.1, 0.15) is 5.75 Å². The van der Waals surface area contributed by atoms with Gasteiger partial charge in [-0.05, 0) is 67.4 Å². The molecule has 0 saturated carbocycles. The molecule has 1 aliphatic heterocycles. The van der Waals surface area contributed by atoms with Crippen LogP contribution in [-0.2, 0) is 4.74 Å². The van der Waals surface area contributed by atoms with Crippen LogP contribution >= 0.6 is 0 Å². The number of aliphatic imine (C=N–C) groups is 1. The minimum absolute atomic E-state index is 0.240. The predicted octanol–water partition coefficient (Wildman–Crippen LogP) is 4.45. The van der Waals surface area contributed by atoms with E-state index in [9.17, 15) is 0 Å². The normalized spacial score (nSPS) is 16.2. The summed E-state index contributed by atoms with van der Waals surface area (Å²) in [5.74, 6) is 0.904. The van der Waals surface area contributed by atoms with E-state index in [0.29, 0.717) is 0 Å². The summed E-state index contributed by atoms with van der Waals surface area (Å²) in [5, 5.41) is 0. The Labute approximate surface area is 150 Å². The van der Waals surface area contributed by atoms with E-state index in [1.165, 1.54) is 5.69 Å². The van der Waals surface area contributed by atoms with E-state index >= 15 is 0 Å². The minimum atomic E-state index is 0.240. The largest absolute Gasteiger partial charge is 0.491 e. The molecule has 0 spiro atoms. The van der Waals surface area contributed by atoms with Gasteiger partial charge in [0.05, 0.1) is 25.0 Å². The molecule has 0 aromatic heterocycles. The fourth-order valence-electron chi connectivity index (χ4n) is 2.67. The number of rotatable bonds is 6. The van der Waals surface area contributed by atoms with E-state index in [1.54, 1.807) is 0 Å². The highest BCUT2D eigenvalue weighted by molar-refractivity contribution is 5.82. The summed E-state index contributed by atoms with van der Waals surface area (Å²) in [7, 11) is 0. The van der Waals surface area contributed by atoms with Gasteiger partial charge < -0.3 is 14.4 Å². The lowest BCUT2D eigenvalue weighted by molar-refractivity contribution is 0.122. The number of nitrogens with zero attached hydrogens (tertiary/aromatic N) is 2. The van der Waals surface area contributed by atoms with Crippen molar-refractivity contribution in [3.63, 3.8) is 0 Å². The lowest BCUT2D eigenvalue weighted by Gasteiger charge is -2.28. The third kappa shape index (κ3) is 5.07. The highest BCUT2D eigenvalue weighted by Crippen LogP contribution is 2.21. The maximum Gasteiger partial charge on any atom is 0.119 e. The van der Waals surface area contributed by atoms with Gasteiger partial charge in [0, 0.05) is 25.0 Å². The summed E-state index contributed by atoms with van der Waals surface area (Å²) >= 11 is 0. The SMILES string of the molecule is CC[C@@H](C)Oc1ccc(C=Nc2ccc(N3CCOCC3)cc2)cc1. The van der Waals surface area contributed by atoms with Gasteiger partial charge in [-0.2, -0.15) is 0 Å². The first kappa shape index (κ1) is 17.5. The van der Waals surface area contributed by atoms with Crippen LogP contribution in [0.25, 0.3) is 0 Å². The van der Waals surface area contributed by atoms with E-state index < -0.39 is 0 Å². The van der Waals surface area contributed by atoms with Gasteiger partial charge in [0.2, 0.25) is 0 Å². The van der Waals surface area contributed by atoms with E-state index in [2.05, 4.69) is 48.0 Å². The van der Waals surface area contributed by atoms with Crippen LogP contribution in [-0.4, -0.2) is 38.6 Å². The van der Waals surface area contributed by atoms with Crippen LogP contribution in [0.2, 0.25) is 0 Å². The zero-order valence-corrected chi connectivity index (χ0v) is 15.0. The van der Waals surface area contributed by atoms with E-state index in [1.807, 2.05) is 30.5 Å². The van der Waals surface area contributed by atoms with Crippen molar-refractivity contribution in [3.05, 3.63) is 54.1 Å². The molecule has 1 aliphatic rings. The number of hydrogen-bond acceptors (Lipinski definition) is 4. The van der Waals surface area contributed by atoms with Crippen LogP contribution in [0.15, 0.2) is 53.5 Å². The van der Waals surface area contributed by atoms with Crippen LogP contribution in [0.3, 0.4) is 0 Å². The van der Waals surface area contributed by atoms with Gasteiger partial charge in [-0.1, -0.05) is 6.92 Å². The summed E-state index contributed by atoms with van der Waals surface area (Å²) in [6, 6.07) is 16.4. The maximum absolute atomic E-state index is 5.79. The predicted molar refractivity (Wildman–Crippen MR) is 104 cm³/mol. The van der Waals surface area contributed by atoms with Crippen molar-refractivity contribution in [1.29, 1.82) is 0 Å². The van der Waals surface area contributed by atoms with Crippen LogP contribution in [0.5, 0.6) is 5.75 Å². The van der Waals surface area contributed by atoms with E-state index in [-0.39, 0.29) is 6.10 Å². The van der Waals surface area contributed by atoms with Crippen molar-refractivity contribution in [2.75, 3.05) is 31.2 Å². The van der Waals surface area contributed by atoms with Gasteiger partial charge in [-0.25, -0.2) is 0 Å². The Morgan fingerprint density at radius 2 is 1.76 bits per heavy atom. The van der Waals surface area contributed by atoms with Crippen LogP contribution in [0.1, 0.15) is 25.8 Å². The molecule has 132 valence electrons. The summed E-state index contributed by atoms with van der Waals surface area (Å²) in [6.45, 7) is 7.71. The van der Waals surface area contributed by atoms with Gasteiger partial charge >= 0.3 is 0 Å². The molecular formula is C21H26N2O2. The Morgan fingerprint density at radius 3 is 2.40 bits per heavy atom. The van der Waals surface area contributed by atoms with Gasteiger partial charge in [0.25, 0.3) is 0 Å². The highest BCUT2D eigenvalue weighted by Gasteiger charge is 2.10. The minimum Gasteiger partial charge on any atom is -0.491 e. The molecule has 0 N–H and O–H groups in total. The quantitative estimate of drug-likeness (QED) is 0.730. The lowest BCUT2D eigenvalue weighted by Crippen LogP contribution is -2.36. The van der Waals surface area contributed by atoms with Crippen molar-refractivity contribution in [1.82, 2.24) is 0 Å². The monoisotopic (exact) mass is 338 g/mol. The molecule has 4 heteroatoms. The Bertz CT molecular complexity index is 674. The Hall–Kier alpha value is -2.33. The molecule has 1 saturated heterocycles. The van der Waals surface area contributed by atoms with Crippen LogP contribution < -0.4 is 9.64 Å². The zero-order valence-electron chi connectivity index (χ0n) is 15.0. The van der Waals surface area contributed by atoms with Crippen molar-refractivity contribution >= 4 is 17.6 Å². The van der Waals surface area contributed by atoms with Crippen LogP contribution in [0, 0.1) is 0 Å². The number of benzene rings is 2. The molecule has 25 heavy (non-hydrogen) atoms. The second-order valence-corrected chi connectivity index (χ2v) is 6.28. The Morgan fingerprint density at radius 1 is 1.08 bits per heavy atom. The molecule has 2 aromatic rings. The first-order chi connectivity index (χ1) is 12.2. The smallest absolute Gasteiger partial charge is 0.119 e. The lowest BCUT2D eigenvalue weighted by atomic mass is 10.2. The van der Waals surface area contributed by atoms with Crippen molar-refractivity contribution in [2.45, 2.75) is 26.4 Å². The molecule has 0 bridgehead atoms. The molecular weight excluding hydrogens is 312 g/mol. The molecule has 2 aromatic carbocycles. The summed E-state index contributed by atoms with van der Waals surface area (Å²) in [6.07, 6.45) is 3.13. The Balaban J connectivity index is 1.59. The third-order valence-electron chi connectivity index (χ3n) is 4.38. The molecule has 0 unspecified atom stereocenters. The molecule has 3 rings (SSSR count). The molecule has 0 radical (unpaired) electrons. The zero-order chi connectivity index (χ0) is 17.5. The molecule has 0 amide bonds. The average Bonchev–Trinajstić information content (AvgIpc) is 2.68. The molecule has 1 fully saturated rings. The highest BCUT2D eigenvalue weighted by atomic mass is 16.5. The first-order valence-corrected chi connectivity index (χ1v) is 8.98. The number of morpholine rings is 1. The number of anilines is 1. The second kappa shape index (κ2) is 8.67. The summed E-state index contributed by atoms with van der Waals surface area (Å²) in [4.78, 5) is 6.90. The van der Waals surface area contributed by atoms with Crippen molar-refractivity contribution < 1.29 is 9.47 Å². The Kier molecular flexibility index (Phi) is 6.07. The number of hydrogen-bond donors (Lipinski definition) is 0. The first-order valence-electron chi connectivity index (χ1n) is 8.98. The average molecular weight is 338 g/mol. The second-order valence-electron chi connectivity index (χ2n) is 6.28. The fraction of sp³-hybridized carbons (Fsp3) is 0.381. The summed E-state index contributed by atoms with van der Waals surface area (Å²) in [5.41, 5.74) is 3.25. The maximum atomic E-state index is 5.79. The molecule has 4 nitrogen and oxygen atoms in total. The fourth-order valence-corrected chi connectivity index (χ4v) is 2.67. The van der Waals surface area contributed by atoms with Crippen molar-refractivity contribution in [2.24, 2.45) is 4.99 Å². The molecule has 1 atom stereocenters. The van der Waals surface area contributed by atoms with Crippen LogP contribution in [0.4, 0.5) is 11.4 Å². The van der Waals surface area contributed by atoms with E-state index in [4.69, 9.17) is 9.47 Å². The number of ether oxygens (including phenoxy) is 2. The van der Waals surface area contributed by atoms with Gasteiger partial charge in [0.15, 0.2) is 0 Å². The van der Waals surface area contributed by atoms with E-state index in [0.717, 1.165) is 49.7 Å². The topological polar surface area (TPSA) is 34.1 Å². The molecule has 0 aliphatic carbocycles. The van der Waals surface area contributed by atoms with Gasteiger partial charge in [-0.15, -0.1) is 0 Å².